The molecule has 0 heterocycles. The summed E-state index contributed by atoms with van der Waals surface area (Å²) in [4.78, 5) is 0. The number of hydrogen-bond acceptors (Lipinski definition) is 2. The molecule has 0 saturated carbocycles. The average Bonchev–Trinajstić information content (AvgIpc) is 2.87. The highest BCUT2D eigenvalue weighted by Gasteiger charge is 2.29. The van der Waals surface area contributed by atoms with Crippen molar-refractivity contribution in [2.45, 2.75) is 31.9 Å². The highest BCUT2D eigenvalue weighted by Crippen LogP contribution is 2.29. The fourth-order valence-corrected chi connectivity index (χ4v) is 4.25. The van der Waals surface area contributed by atoms with E-state index in [1.165, 1.54) is 17.7 Å². The molecule has 4 aromatic carbocycles. The van der Waals surface area contributed by atoms with Gasteiger partial charge in [-0.3, -0.25) is 0 Å². The van der Waals surface area contributed by atoms with Crippen LogP contribution in [0.2, 0.25) is 0 Å². The molecule has 0 amide bonds. The van der Waals surface area contributed by atoms with Crippen LogP contribution in [0.4, 0.5) is 22.0 Å². The number of alkyl halides is 3. The predicted molar refractivity (Wildman–Crippen MR) is 135 cm³/mol. The van der Waals surface area contributed by atoms with Crippen LogP contribution in [0, 0.1) is 11.6 Å². The Morgan fingerprint density at radius 1 is 0.730 bits per heavy atom. The first-order valence-electron chi connectivity index (χ1n) is 12.0. The number of fused-ring (bicyclic) bond motifs is 1. The van der Waals surface area contributed by atoms with Crippen molar-refractivity contribution in [1.82, 2.24) is 0 Å². The topological polar surface area (TPSA) is 18.5 Å². The molecule has 0 saturated heterocycles. The molecule has 0 atom stereocenters. The average molecular weight is 515 g/mol. The van der Waals surface area contributed by atoms with E-state index in [1.54, 1.807) is 19.2 Å². The molecule has 4 aromatic rings. The molecule has 0 aromatic heterocycles. The minimum absolute atomic E-state index is 0.316. The lowest BCUT2D eigenvalue weighted by molar-refractivity contribution is -0.153. The first-order valence-corrected chi connectivity index (χ1v) is 12.0. The SMILES string of the molecule is COCCCc1ccc(-c2ccc3c(F)c(CCc4ccc(OCC(F)(F)F)c(F)c4)ccc3c2)cc1. The number of ether oxygens (including phenoxy) is 2. The third-order valence-corrected chi connectivity index (χ3v) is 6.21. The number of hydrogen-bond donors (Lipinski definition) is 0. The van der Waals surface area contributed by atoms with Gasteiger partial charge in [0.2, 0.25) is 0 Å². The van der Waals surface area contributed by atoms with Crippen molar-refractivity contribution in [3.8, 4) is 16.9 Å². The van der Waals surface area contributed by atoms with Crippen LogP contribution in [0.25, 0.3) is 21.9 Å². The molecule has 0 bridgehead atoms. The molecule has 194 valence electrons. The fourth-order valence-electron chi connectivity index (χ4n) is 4.25. The van der Waals surface area contributed by atoms with Gasteiger partial charge in [-0.1, -0.05) is 54.6 Å². The van der Waals surface area contributed by atoms with Crippen LogP contribution in [-0.4, -0.2) is 26.5 Å². The van der Waals surface area contributed by atoms with Gasteiger partial charge >= 0.3 is 6.18 Å². The predicted octanol–water partition coefficient (Wildman–Crippen LogP) is 8.09. The maximum atomic E-state index is 15.3. The summed E-state index contributed by atoms with van der Waals surface area (Å²) in [5.74, 6) is -1.67. The van der Waals surface area contributed by atoms with Gasteiger partial charge in [0.25, 0.3) is 0 Å². The van der Waals surface area contributed by atoms with Crippen LogP contribution >= 0.6 is 0 Å². The molecular formula is C30H27F5O2. The monoisotopic (exact) mass is 514 g/mol. The molecule has 2 nitrogen and oxygen atoms in total. The number of methoxy groups -OCH3 is 1. The second kappa shape index (κ2) is 11.7. The van der Waals surface area contributed by atoms with Gasteiger partial charge in [-0.25, -0.2) is 8.78 Å². The lowest BCUT2D eigenvalue weighted by atomic mass is 9.96. The molecule has 0 radical (unpaired) electrons. The highest BCUT2D eigenvalue weighted by molar-refractivity contribution is 5.88. The van der Waals surface area contributed by atoms with Gasteiger partial charge in [-0.15, -0.1) is 0 Å². The zero-order chi connectivity index (χ0) is 26.4. The van der Waals surface area contributed by atoms with Gasteiger partial charge in [0, 0.05) is 19.1 Å². The highest BCUT2D eigenvalue weighted by atomic mass is 19.4. The van der Waals surface area contributed by atoms with Crippen molar-refractivity contribution < 1.29 is 31.4 Å². The summed E-state index contributed by atoms with van der Waals surface area (Å²) in [5, 5.41) is 1.28. The van der Waals surface area contributed by atoms with Gasteiger partial charge in [0.1, 0.15) is 5.82 Å². The summed E-state index contributed by atoms with van der Waals surface area (Å²) < 4.78 is 75.9. The molecule has 0 aliphatic heterocycles. The first kappa shape index (κ1) is 26.6. The minimum atomic E-state index is -4.55. The Balaban J connectivity index is 1.44. The van der Waals surface area contributed by atoms with E-state index in [4.69, 9.17) is 4.74 Å². The molecule has 0 spiro atoms. The second-order valence-corrected chi connectivity index (χ2v) is 8.94. The smallest absolute Gasteiger partial charge is 0.422 e. The summed E-state index contributed by atoms with van der Waals surface area (Å²) in [6, 6.07) is 21.3. The van der Waals surface area contributed by atoms with E-state index in [-0.39, 0.29) is 5.82 Å². The molecule has 0 fully saturated rings. The van der Waals surface area contributed by atoms with Crippen LogP contribution in [0.1, 0.15) is 23.1 Å². The van der Waals surface area contributed by atoms with Crippen LogP contribution in [0.3, 0.4) is 0 Å². The number of benzene rings is 4. The van der Waals surface area contributed by atoms with Gasteiger partial charge in [-0.05, 0) is 77.1 Å². The standard InChI is InChI=1S/C30H27F5O2/c1-36-16-2-3-20-4-8-22(9-5-20)24-13-14-26-25(18-24)12-11-23(29(26)32)10-6-21-7-15-28(27(31)17-21)37-19-30(33,34)35/h4-5,7-9,11-15,17-18H,2-3,6,10,16,19H2,1H3. The van der Waals surface area contributed by atoms with E-state index >= 15 is 4.39 Å². The molecule has 0 unspecified atom stereocenters. The van der Waals surface area contributed by atoms with Crippen molar-refractivity contribution in [2.75, 3.05) is 20.3 Å². The van der Waals surface area contributed by atoms with E-state index in [0.29, 0.717) is 29.4 Å². The second-order valence-electron chi connectivity index (χ2n) is 8.94. The van der Waals surface area contributed by atoms with Crippen molar-refractivity contribution in [3.63, 3.8) is 0 Å². The van der Waals surface area contributed by atoms with Crippen LogP contribution in [0.15, 0.2) is 72.8 Å². The first-order chi connectivity index (χ1) is 17.7. The number of halogens is 5. The summed E-state index contributed by atoms with van der Waals surface area (Å²) in [6.45, 7) is -0.836. The van der Waals surface area contributed by atoms with E-state index in [1.807, 2.05) is 18.2 Å². The van der Waals surface area contributed by atoms with Gasteiger partial charge in [0.05, 0.1) is 0 Å². The van der Waals surface area contributed by atoms with Crippen LogP contribution in [0.5, 0.6) is 5.75 Å². The van der Waals surface area contributed by atoms with Crippen molar-refractivity contribution in [2.24, 2.45) is 0 Å². The Hall–Kier alpha value is -3.45. The number of rotatable bonds is 10. The molecule has 0 N–H and O–H groups in total. The van der Waals surface area contributed by atoms with Gasteiger partial charge in [-0.2, -0.15) is 13.2 Å². The summed E-state index contributed by atoms with van der Waals surface area (Å²) in [7, 11) is 1.69. The Morgan fingerprint density at radius 3 is 2.16 bits per heavy atom. The van der Waals surface area contributed by atoms with Crippen molar-refractivity contribution >= 4 is 10.8 Å². The van der Waals surface area contributed by atoms with Crippen molar-refractivity contribution in [3.05, 3.63) is 101 Å². The fraction of sp³-hybridized carbons (Fsp3) is 0.267. The molecule has 37 heavy (non-hydrogen) atoms. The normalized spacial score (nSPS) is 11.7. The number of aryl methyl sites for hydroxylation is 3. The Bertz CT molecular complexity index is 1350. The Morgan fingerprint density at radius 2 is 1.46 bits per heavy atom. The molecular weight excluding hydrogens is 487 g/mol. The maximum Gasteiger partial charge on any atom is 0.422 e. The largest absolute Gasteiger partial charge is 0.481 e. The Kier molecular flexibility index (Phi) is 8.44. The molecule has 7 heteroatoms. The van der Waals surface area contributed by atoms with Gasteiger partial charge in [0.15, 0.2) is 18.2 Å². The lowest BCUT2D eigenvalue weighted by Crippen LogP contribution is -2.19. The van der Waals surface area contributed by atoms with E-state index < -0.39 is 24.3 Å². The molecule has 0 aliphatic carbocycles. The summed E-state index contributed by atoms with van der Waals surface area (Å²) in [5.41, 5.74) is 4.30. The van der Waals surface area contributed by atoms with Crippen LogP contribution < -0.4 is 4.74 Å². The quantitative estimate of drug-likeness (QED) is 0.157. The third-order valence-electron chi connectivity index (χ3n) is 6.21. The summed E-state index contributed by atoms with van der Waals surface area (Å²) in [6.07, 6.45) is -2.00. The third kappa shape index (κ3) is 7.07. The minimum Gasteiger partial charge on any atom is -0.481 e. The van der Waals surface area contributed by atoms with E-state index in [0.717, 1.165) is 42.0 Å². The summed E-state index contributed by atoms with van der Waals surface area (Å²) >= 11 is 0. The Labute approximate surface area is 212 Å². The van der Waals surface area contributed by atoms with Gasteiger partial charge < -0.3 is 9.47 Å². The zero-order valence-corrected chi connectivity index (χ0v) is 20.4. The zero-order valence-electron chi connectivity index (χ0n) is 20.4. The lowest BCUT2D eigenvalue weighted by Gasteiger charge is -2.11. The molecule has 4 rings (SSSR count). The molecule has 0 aliphatic rings. The van der Waals surface area contributed by atoms with E-state index in [2.05, 4.69) is 29.0 Å². The van der Waals surface area contributed by atoms with E-state index in [9.17, 15) is 17.6 Å². The maximum absolute atomic E-state index is 15.3. The van der Waals surface area contributed by atoms with Crippen LogP contribution in [-0.2, 0) is 24.0 Å². The van der Waals surface area contributed by atoms with Crippen molar-refractivity contribution in [1.29, 1.82) is 0 Å².